The smallest absolute Gasteiger partial charge is 0.372 e. The van der Waals surface area contributed by atoms with Gasteiger partial charge in [0, 0.05) is 12.6 Å². The number of ether oxygens (including phenoxy) is 1. The lowest BCUT2D eigenvalue weighted by Gasteiger charge is -2.20. The van der Waals surface area contributed by atoms with Gasteiger partial charge in [0.2, 0.25) is 0 Å². The van der Waals surface area contributed by atoms with Crippen molar-refractivity contribution in [2.75, 3.05) is 19.8 Å². The van der Waals surface area contributed by atoms with Crippen LogP contribution in [0.5, 0.6) is 0 Å². The molecule has 0 amide bonds. The highest BCUT2D eigenvalue weighted by Gasteiger charge is 2.30. The normalized spacial score (nSPS) is 27.9. The van der Waals surface area contributed by atoms with Gasteiger partial charge in [0.25, 0.3) is 0 Å². The molecule has 2 rings (SSSR count). The van der Waals surface area contributed by atoms with Gasteiger partial charge in [-0.3, -0.25) is 0 Å². The van der Waals surface area contributed by atoms with Crippen LogP contribution in [0.1, 0.15) is 44.9 Å². The molecular formula is C14H24F3NO. The van der Waals surface area contributed by atoms with Crippen LogP contribution >= 0.6 is 0 Å². The lowest BCUT2D eigenvalue weighted by molar-refractivity contribution is -0.174. The molecule has 112 valence electrons. The van der Waals surface area contributed by atoms with Crippen LogP contribution in [0.2, 0.25) is 0 Å². The predicted octanol–water partition coefficient (Wildman–Crippen LogP) is 3.51. The molecule has 0 aromatic rings. The zero-order valence-electron chi connectivity index (χ0n) is 11.3. The van der Waals surface area contributed by atoms with Crippen LogP contribution in [-0.4, -0.2) is 32.0 Å². The molecule has 2 nitrogen and oxygen atoms in total. The first-order chi connectivity index (χ1) is 9.04. The summed E-state index contributed by atoms with van der Waals surface area (Å²) in [5, 5.41) is 3.57. The average Bonchev–Trinajstić information content (AvgIpc) is 3.05. The Morgan fingerprint density at radius 1 is 1.05 bits per heavy atom. The van der Waals surface area contributed by atoms with E-state index in [1.165, 1.54) is 32.1 Å². The maximum atomic E-state index is 11.9. The van der Waals surface area contributed by atoms with Crippen LogP contribution < -0.4 is 5.32 Å². The third-order valence-electron chi connectivity index (χ3n) is 4.19. The van der Waals surface area contributed by atoms with Crippen LogP contribution in [0.3, 0.4) is 0 Å². The highest BCUT2D eigenvalue weighted by Crippen LogP contribution is 2.35. The maximum absolute atomic E-state index is 11.9. The molecular weight excluding hydrogens is 255 g/mol. The molecule has 2 aliphatic carbocycles. The second-order valence-electron chi connectivity index (χ2n) is 5.94. The summed E-state index contributed by atoms with van der Waals surface area (Å²) in [7, 11) is 0. The van der Waals surface area contributed by atoms with Crippen molar-refractivity contribution in [3.63, 3.8) is 0 Å². The molecule has 0 radical (unpaired) electrons. The molecule has 1 N–H and O–H groups in total. The molecule has 2 fully saturated rings. The molecule has 0 heterocycles. The summed E-state index contributed by atoms with van der Waals surface area (Å²) in [5.41, 5.74) is 0. The van der Waals surface area contributed by atoms with E-state index in [1.54, 1.807) is 0 Å². The summed E-state index contributed by atoms with van der Waals surface area (Å²) in [6, 6.07) is 0.747. The zero-order valence-corrected chi connectivity index (χ0v) is 11.3. The van der Waals surface area contributed by atoms with Crippen molar-refractivity contribution in [2.24, 2.45) is 11.8 Å². The van der Waals surface area contributed by atoms with Gasteiger partial charge in [-0.15, -0.1) is 0 Å². The van der Waals surface area contributed by atoms with Gasteiger partial charge in [0.05, 0.1) is 0 Å². The van der Waals surface area contributed by atoms with E-state index < -0.39 is 12.8 Å². The highest BCUT2D eigenvalue weighted by molar-refractivity contribution is 4.85. The van der Waals surface area contributed by atoms with E-state index >= 15 is 0 Å². The van der Waals surface area contributed by atoms with Crippen LogP contribution in [0.15, 0.2) is 0 Å². The Balaban J connectivity index is 1.53. The monoisotopic (exact) mass is 279 g/mol. The fraction of sp³-hybridized carbons (Fsp3) is 1.00. The Kier molecular flexibility index (Phi) is 5.51. The lowest BCUT2D eigenvalue weighted by atomic mass is 9.91. The van der Waals surface area contributed by atoms with Crippen molar-refractivity contribution >= 4 is 0 Å². The molecule has 2 saturated carbocycles. The Hall–Kier alpha value is -0.290. The number of rotatable bonds is 8. The average molecular weight is 279 g/mol. The Labute approximate surface area is 113 Å². The fourth-order valence-electron chi connectivity index (χ4n) is 3.00. The van der Waals surface area contributed by atoms with Crippen molar-refractivity contribution in [1.82, 2.24) is 5.32 Å². The topological polar surface area (TPSA) is 21.3 Å². The summed E-state index contributed by atoms with van der Waals surface area (Å²) in [6.45, 7) is 0.224. The highest BCUT2D eigenvalue weighted by atomic mass is 19.4. The summed E-state index contributed by atoms with van der Waals surface area (Å²) in [6.07, 6.45) is 3.96. The SMILES string of the molecule is FC(F)(F)COCCCC1CCCC1CNC1CC1. The number of hydrogen-bond acceptors (Lipinski definition) is 2. The lowest BCUT2D eigenvalue weighted by Crippen LogP contribution is -2.27. The molecule has 0 spiro atoms. The van der Waals surface area contributed by atoms with E-state index in [9.17, 15) is 13.2 Å². The molecule has 2 aliphatic rings. The standard InChI is InChI=1S/C14H24F3NO/c15-14(16,17)10-19-8-2-5-11-3-1-4-12(11)9-18-13-6-7-13/h11-13,18H,1-10H2. The predicted molar refractivity (Wildman–Crippen MR) is 68.0 cm³/mol. The largest absolute Gasteiger partial charge is 0.411 e. The number of halogens is 3. The van der Waals surface area contributed by atoms with E-state index in [0.29, 0.717) is 5.92 Å². The summed E-state index contributed by atoms with van der Waals surface area (Å²) >= 11 is 0. The minimum absolute atomic E-state index is 0.235. The molecule has 0 saturated heterocycles. The van der Waals surface area contributed by atoms with Crippen molar-refractivity contribution in [3.05, 3.63) is 0 Å². The molecule has 0 aliphatic heterocycles. The van der Waals surface area contributed by atoms with Crippen molar-refractivity contribution in [2.45, 2.75) is 57.2 Å². The van der Waals surface area contributed by atoms with Crippen molar-refractivity contribution < 1.29 is 17.9 Å². The molecule has 0 aromatic heterocycles. The third kappa shape index (κ3) is 6.13. The van der Waals surface area contributed by atoms with Gasteiger partial charge < -0.3 is 10.1 Å². The van der Waals surface area contributed by atoms with E-state index in [-0.39, 0.29) is 6.61 Å². The van der Waals surface area contributed by atoms with E-state index in [4.69, 9.17) is 0 Å². The minimum atomic E-state index is -4.19. The van der Waals surface area contributed by atoms with E-state index in [0.717, 1.165) is 31.3 Å². The summed E-state index contributed by atoms with van der Waals surface area (Å²) in [5.74, 6) is 1.41. The van der Waals surface area contributed by atoms with Gasteiger partial charge in [-0.1, -0.05) is 12.8 Å². The molecule has 0 aromatic carbocycles. The number of alkyl halides is 3. The van der Waals surface area contributed by atoms with Gasteiger partial charge in [-0.25, -0.2) is 0 Å². The summed E-state index contributed by atoms with van der Waals surface area (Å²) in [4.78, 5) is 0. The van der Waals surface area contributed by atoms with Crippen molar-refractivity contribution in [3.8, 4) is 0 Å². The minimum Gasteiger partial charge on any atom is -0.372 e. The van der Waals surface area contributed by atoms with Gasteiger partial charge in [0.1, 0.15) is 6.61 Å². The van der Waals surface area contributed by atoms with Gasteiger partial charge in [0.15, 0.2) is 0 Å². The Morgan fingerprint density at radius 2 is 1.79 bits per heavy atom. The fourth-order valence-corrected chi connectivity index (χ4v) is 3.00. The van der Waals surface area contributed by atoms with Crippen molar-refractivity contribution in [1.29, 1.82) is 0 Å². The number of nitrogens with one attached hydrogen (secondary N) is 1. The molecule has 2 unspecified atom stereocenters. The molecule has 5 heteroatoms. The number of hydrogen-bond donors (Lipinski definition) is 1. The quantitative estimate of drug-likeness (QED) is 0.686. The van der Waals surface area contributed by atoms with E-state index in [2.05, 4.69) is 10.1 Å². The van der Waals surface area contributed by atoms with Crippen LogP contribution in [-0.2, 0) is 4.74 Å². The van der Waals surface area contributed by atoms with Crippen LogP contribution in [0, 0.1) is 11.8 Å². The first-order valence-electron chi connectivity index (χ1n) is 7.42. The Morgan fingerprint density at radius 3 is 2.47 bits per heavy atom. The zero-order chi connectivity index (χ0) is 13.7. The van der Waals surface area contributed by atoms with Crippen LogP contribution in [0.4, 0.5) is 13.2 Å². The second kappa shape index (κ2) is 6.93. The van der Waals surface area contributed by atoms with Gasteiger partial charge >= 0.3 is 6.18 Å². The second-order valence-corrected chi connectivity index (χ2v) is 5.94. The Bertz CT molecular complexity index is 266. The third-order valence-corrected chi connectivity index (χ3v) is 4.19. The van der Waals surface area contributed by atoms with E-state index in [1.807, 2.05) is 0 Å². The molecule has 19 heavy (non-hydrogen) atoms. The first kappa shape index (κ1) is 15.1. The molecule has 0 bridgehead atoms. The van der Waals surface area contributed by atoms with Gasteiger partial charge in [-0.05, 0) is 50.5 Å². The molecule has 2 atom stereocenters. The maximum Gasteiger partial charge on any atom is 0.411 e. The summed E-state index contributed by atoms with van der Waals surface area (Å²) < 4.78 is 40.3. The van der Waals surface area contributed by atoms with Gasteiger partial charge in [-0.2, -0.15) is 13.2 Å². The first-order valence-corrected chi connectivity index (χ1v) is 7.42. The van der Waals surface area contributed by atoms with Crippen LogP contribution in [0.25, 0.3) is 0 Å².